The van der Waals surface area contributed by atoms with Crippen molar-refractivity contribution in [3.63, 3.8) is 0 Å². The molecule has 3 N–H and O–H groups in total. The second-order valence-corrected chi connectivity index (χ2v) is 2.95. The number of para-hydroxylation sites is 1. The summed E-state index contributed by atoms with van der Waals surface area (Å²) >= 11 is 0. The molecule has 1 aromatic carbocycles. The molecule has 0 aliphatic rings. The number of carbonyl (C=O) groups is 1. The van der Waals surface area contributed by atoms with Gasteiger partial charge in [-0.3, -0.25) is 0 Å². The molecular weight excluding hydrogens is 200 g/mol. The lowest BCUT2D eigenvalue weighted by molar-refractivity contribution is 0.0519. The maximum atomic E-state index is 10.7. The van der Waals surface area contributed by atoms with E-state index in [1.807, 2.05) is 0 Å². The van der Waals surface area contributed by atoms with Crippen LogP contribution in [0.25, 0.3) is 0 Å². The zero-order valence-corrected chi connectivity index (χ0v) is 7.96. The van der Waals surface area contributed by atoms with Gasteiger partial charge in [-0.2, -0.15) is 0 Å². The number of aromatic carboxylic acids is 1. The van der Waals surface area contributed by atoms with Crippen molar-refractivity contribution in [3.05, 3.63) is 29.8 Å². The molecule has 0 aliphatic carbocycles. The van der Waals surface area contributed by atoms with Crippen LogP contribution in [0.4, 0.5) is 0 Å². The van der Waals surface area contributed by atoms with Crippen molar-refractivity contribution in [2.75, 3.05) is 13.2 Å². The quantitative estimate of drug-likeness (QED) is 0.645. The Morgan fingerprint density at radius 1 is 1.40 bits per heavy atom. The van der Waals surface area contributed by atoms with Crippen molar-refractivity contribution < 1.29 is 24.9 Å². The van der Waals surface area contributed by atoms with Crippen LogP contribution in [0.3, 0.4) is 0 Å². The molecule has 0 aromatic heterocycles. The molecule has 0 heterocycles. The molecule has 0 saturated carbocycles. The van der Waals surface area contributed by atoms with Crippen molar-refractivity contribution in [2.24, 2.45) is 0 Å². The molecule has 0 aliphatic heterocycles. The lowest BCUT2D eigenvalue weighted by Gasteiger charge is -2.11. The summed E-state index contributed by atoms with van der Waals surface area (Å²) in [6.45, 7) is -0.559. The van der Waals surface area contributed by atoms with Gasteiger partial charge in [-0.25, -0.2) is 4.79 Å². The van der Waals surface area contributed by atoms with Crippen LogP contribution in [0.15, 0.2) is 24.3 Å². The molecule has 0 radical (unpaired) electrons. The largest absolute Gasteiger partial charge is 0.490 e. The Kier molecular flexibility index (Phi) is 4.08. The number of carboxylic acids is 1. The van der Waals surface area contributed by atoms with Crippen LogP contribution in [0, 0.1) is 0 Å². The second-order valence-electron chi connectivity index (χ2n) is 2.95. The Morgan fingerprint density at radius 2 is 2.07 bits per heavy atom. The molecule has 0 bridgehead atoms. The first-order valence-corrected chi connectivity index (χ1v) is 4.39. The van der Waals surface area contributed by atoms with E-state index >= 15 is 0 Å². The van der Waals surface area contributed by atoms with E-state index in [1.54, 1.807) is 12.1 Å². The van der Waals surface area contributed by atoms with Crippen LogP contribution < -0.4 is 4.74 Å². The predicted octanol–water partition coefficient (Wildman–Crippen LogP) is 0.117. The summed E-state index contributed by atoms with van der Waals surface area (Å²) in [5.41, 5.74) is 0.0302. The van der Waals surface area contributed by atoms with E-state index in [1.165, 1.54) is 12.1 Å². The third kappa shape index (κ3) is 3.23. The SMILES string of the molecule is O=C(O)c1ccccc1OC[C@@H](O)CO. The van der Waals surface area contributed by atoms with E-state index in [2.05, 4.69) is 0 Å². The van der Waals surface area contributed by atoms with Crippen LogP contribution in [0.2, 0.25) is 0 Å². The maximum absolute atomic E-state index is 10.7. The first kappa shape index (κ1) is 11.5. The highest BCUT2D eigenvalue weighted by atomic mass is 16.5. The average Bonchev–Trinajstić information content (AvgIpc) is 2.26. The smallest absolute Gasteiger partial charge is 0.339 e. The maximum Gasteiger partial charge on any atom is 0.339 e. The Bertz CT molecular complexity index is 336. The zero-order valence-electron chi connectivity index (χ0n) is 7.96. The van der Waals surface area contributed by atoms with Gasteiger partial charge in [0.05, 0.1) is 6.61 Å². The molecule has 0 unspecified atom stereocenters. The highest BCUT2D eigenvalue weighted by Crippen LogP contribution is 2.17. The topological polar surface area (TPSA) is 87.0 Å². The second kappa shape index (κ2) is 5.33. The van der Waals surface area contributed by atoms with E-state index < -0.39 is 18.7 Å². The Labute approximate surface area is 86.5 Å². The predicted molar refractivity (Wildman–Crippen MR) is 52.0 cm³/mol. The van der Waals surface area contributed by atoms with Gasteiger partial charge in [0.25, 0.3) is 0 Å². The number of ether oxygens (including phenoxy) is 1. The monoisotopic (exact) mass is 212 g/mol. The minimum atomic E-state index is -1.09. The summed E-state index contributed by atoms with van der Waals surface area (Å²) in [4.78, 5) is 10.7. The molecule has 0 saturated heterocycles. The van der Waals surface area contributed by atoms with Gasteiger partial charge in [-0.15, -0.1) is 0 Å². The molecule has 0 spiro atoms. The van der Waals surface area contributed by atoms with Gasteiger partial charge in [0.1, 0.15) is 24.0 Å². The average molecular weight is 212 g/mol. The molecule has 0 amide bonds. The van der Waals surface area contributed by atoms with Crippen molar-refractivity contribution in [1.29, 1.82) is 0 Å². The summed E-state index contributed by atoms with van der Waals surface area (Å²) in [7, 11) is 0. The van der Waals surface area contributed by atoms with Crippen LogP contribution in [0.5, 0.6) is 5.75 Å². The molecule has 5 nitrogen and oxygen atoms in total. The van der Waals surface area contributed by atoms with Crippen LogP contribution in [-0.4, -0.2) is 40.6 Å². The Morgan fingerprint density at radius 3 is 2.67 bits per heavy atom. The Balaban J connectivity index is 2.72. The number of hydrogen-bond donors (Lipinski definition) is 3. The summed E-state index contributed by atoms with van der Waals surface area (Å²) in [5, 5.41) is 26.4. The fourth-order valence-corrected chi connectivity index (χ4v) is 1.01. The number of rotatable bonds is 5. The van der Waals surface area contributed by atoms with E-state index in [9.17, 15) is 4.79 Å². The summed E-state index contributed by atoms with van der Waals surface area (Å²) < 4.78 is 5.06. The van der Waals surface area contributed by atoms with Crippen LogP contribution in [0.1, 0.15) is 10.4 Å². The van der Waals surface area contributed by atoms with Gasteiger partial charge in [-0.05, 0) is 12.1 Å². The van der Waals surface area contributed by atoms with Crippen molar-refractivity contribution in [1.82, 2.24) is 0 Å². The lowest BCUT2D eigenvalue weighted by Crippen LogP contribution is -2.21. The number of benzene rings is 1. The number of aliphatic hydroxyl groups excluding tert-OH is 2. The van der Waals surface area contributed by atoms with E-state index in [0.717, 1.165) is 0 Å². The number of aliphatic hydroxyl groups is 2. The minimum absolute atomic E-state index is 0.0302. The molecule has 1 rings (SSSR count). The van der Waals surface area contributed by atoms with Crippen molar-refractivity contribution in [2.45, 2.75) is 6.10 Å². The molecule has 15 heavy (non-hydrogen) atoms. The van der Waals surface area contributed by atoms with E-state index in [0.29, 0.717) is 0 Å². The van der Waals surface area contributed by atoms with Crippen molar-refractivity contribution >= 4 is 5.97 Å². The van der Waals surface area contributed by atoms with Gasteiger partial charge in [-0.1, -0.05) is 12.1 Å². The third-order valence-corrected chi connectivity index (χ3v) is 1.76. The lowest BCUT2D eigenvalue weighted by atomic mass is 10.2. The molecule has 82 valence electrons. The molecular formula is C10H12O5. The van der Waals surface area contributed by atoms with Crippen molar-refractivity contribution in [3.8, 4) is 5.75 Å². The van der Waals surface area contributed by atoms with E-state index in [4.69, 9.17) is 20.1 Å². The molecule has 1 atom stereocenters. The first-order valence-electron chi connectivity index (χ1n) is 4.39. The molecule has 0 fully saturated rings. The normalized spacial score (nSPS) is 12.1. The van der Waals surface area contributed by atoms with Crippen LogP contribution in [-0.2, 0) is 0 Å². The first-order chi connectivity index (χ1) is 7.15. The minimum Gasteiger partial charge on any atom is -0.490 e. The fourth-order valence-electron chi connectivity index (χ4n) is 1.01. The summed E-state index contributed by atoms with van der Waals surface area (Å²) in [5.74, 6) is -0.915. The van der Waals surface area contributed by atoms with Gasteiger partial charge in [0.15, 0.2) is 0 Å². The number of carboxylic acid groups (broad SMARTS) is 1. The fraction of sp³-hybridized carbons (Fsp3) is 0.300. The highest BCUT2D eigenvalue weighted by molar-refractivity contribution is 5.90. The molecule has 1 aromatic rings. The zero-order chi connectivity index (χ0) is 11.3. The van der Waals surface area contributed by atoms with Gasteiger partial charge in [0, 0.05) is 0 Å². The van der Waals surface area contributed by atoms with E-state index in [-0.39, 0.29) is 17.9 Å². The van der Waals surface area contributed by atoms with Gasteiger partial charge >= 0.3 is 5.97 Å². The third-order valence-electron chi connectivity index (χ3n) is 1.76. The number of hydrogen-bond acceptors (Lipinski definition) is 4. The highest BCUT2D eigenvalue weighted by Gasteiger charge is 2.11. The van der Waals surface area contributed by atoms with Gasteiger partial charge in [0.2, 0.25) is 0 Å². The Hall–Kier alpha value is -1.59. The van der Waals surface area contributed by atoms with Crippen LogP contribution >= 0.6 is 0 Å². The van der Waals surface area contributed by atoms with Gasteiger partial charge < -0.3 is 20.1 Å². The standard InChI is InChI=1S/C10H12O5/c11-5-7(12)6-15-9-4-2-1-3-8(9)10(13)14/h1-4,7,11-12H,5-6H2,(H,13,14)/t7-/m0/s1. The summed E-state index contributed by atoms with van der Waals surface area (Å²) in [6, 6.07) is 6.11. The summed E-state index contributed by atoms with van der Waals surface area (Å²) in [6.07, 6.45) is -1.01. The molecule has 5 heteroatoms.